The lowest BCUT2D eigenvalue weighted by Gasteiger charge is -2.12. The second-order valence-electron chi connectivity index (χ2n) is 3.54. The highest BCUT2D eigenvalue weighted by Crippen LogP contribution is 2.17. The summed E-state index contributed by atoms with van der Waals surface area (Å²) in [6.45, 7) is 3.26. The van der Waals surface area contributed by atoms with Crippen molar-refractivity contribution in [2.75, 3.05) is 12.4 Å². The molecule has 0 fully saturated rings. The van der Waals surface area contributed by atoms with Crippen molar-refractivity contribution in [3.8, 4) is 0 Å². The van der Waals surface area contributed by atoms with Gasteiger partial charge in [0.1, 0.15) is 0 Å². The third kappa shape index (κ3) is 3.00. The van der Waals surface area contributed by atoms with Crippen molar-refractivity contribution in [1.82, 2.24) is 4.31 Å². The highest BCUT2D eigenvalue weighted by Gasteiger charge is 2.11. The van der Waals surface area contributed by atoms with Crippen LogP contribution < -0.4 is 5.32 Å². The summed E-state index contributed by atoms with van der Waals surface area (Å²) in [5.74, 6) is -0.306. The molecule has 4 nitrogen and oxygen atoms in total. The van der Waals surface area contributed by atoms with E-state index < -0.39 is 0 Å². The summed E-state index contributed by atoms with van der Waals surface area (Å²) >= 11 is 3.95. The molecule has 1 N–H and O–H groups in total. The zero-order chi connectivity index (χ0) is 12.3. The maximum Gasteiger partial charge on any atom is 0.263 e. The molecule has 0 unspecified atom stereocenters. The van der Waals surface area contributed by atoms with E-state index in [0.29, 0.717) is 11.3 Å². The van der Waals surface area contributed by atoms with E-state index in [1.807, 2.05) is 6.92 Å². The number of amides is 2. The molecule has 5 heteroatoms. The minimum Gasteiger partial charge on any atom is -0.326 e. The summed E-state index contributed by atoms with van der Waals surface area (Å²) < 4.78 is 1.22. The van der Waals surface area contributed by atoms with Crippen molar-refractivity contribution in [1.29, 1.82) is 0 Å². The highest BCUT2D eigenvalue weighted by molar-refractivity contribution is 7.78. The van der Waals surface area contributed by atoms with E-state index >= 15 is 0 Å². The smallest absolute Gasteiger partial charge is 0.263 e. The van der Waals surface area contributed by atoms with Gasteiger partial charge in [-0.05, 0) is 30.7 Å². The van der Waals surface area contributed by atoms with E-state index in [1.54, 1.807) is 25.2 Å². The van der Waals surface area contributed by atoms with Crippen LogP contribution in [-0.4, -0.2) is 23.2 Å². The molecule has 0 aliphatic heterocycles. The van der Waals surface area contributed by atoms with Gasteiger partial charge in [-0.25, -0.2) is 0 Å². The summed E-state index contributed by atoms with van der Waals surface area (Å²) in [6.07, 6.45) is 0. The Morgan fingerprint density at radius 3 is 2.44 bits per heavy atom. The van der Waals surface area contributed by atoms with Crippen molar-refractivity contribution in [2.24, 2.45) is 0 Å². The van der Waals surface area contributed by atoms with Crippen LogP contribution in [0.1, 0.15) is 22.8 Å². The molecule has 0 heterocycles. The molecule has 0 radical (unpaired) electrons. The van der Waals surface area contributed by atoms with Gasteiger partial charge in [-0.2, -0.15) is 0 Å². The van der Waals surface area contributed by atoms with Gasteiger partial charge >= 0.3 is 0 Å². The van der Waals surface area contributed by atoms with E-state index in [1.165, 1.54) is 11.2 Å². The molecule has 1 aromatic carbocycles. The summed E-state index contributed by atoms with van der Waals surface area (Å²) in [4.78, 5) is 22.5. The second kappa shape index (κ2) is 5.03. The fraction of sp³-hybridized carbons (Fsp3) is 0.273. The molecule has 0 aromatic heterocycles. The lowest BCUT2D eigenvalue weighted by Crippen LogP contribution is -2.18. The van der Waals surface area contributed by atoms with Crippen molar-refractivity contribution in [3.63, 3.8) is 0 Å². The summed E-state index contributed by atoms with van der Waals surface area (Å²) in [6, 6.07) is 5.13. The van der Waals surface area contributed by atoms with Crippen LogP contribution in [0.15, 0.2) is 18.2 Å². The predicted octanol–water partition coefficient (Wildman–Crippen LogP) is 1.87. The SMILES string of the molecule is CC(=O)Nc1ccc(C(=O)N(C)S)c(C)c1. The lowest BCUT2D eigenvalue weighted by atomic mass is 10.1. The summed E-state index contributed by atoms with van der Waals surface area (Å²) in [5.41, 5.74) is 2.06. The Balaban J connectivity index is 3.00. The van der Waals surface area contributed by atoms with Crippen molar-refractivity contribution < 1.29 is 9.59 Å². The monoisotopic (exact) mass is 238 g/mol. The standard InChI is InChI=1S/C11H14N2O2S/c1-7-6-9(12-8(2)14)4-5-10(7)11(15)13(3)16/h4-6,16H,1-3H3,(H,12,14). The molecule has 0 aliphatic rings. The molecular formula is C11H14N2O2S. The van der Waals surface area contributed by atoms with Crippen LogP contribution in [0.25, 0.3) is 0 Å². The number of benzene rings is 1. The maximum atomic E-state index is 11.7. The normalized spacial score (nSPS) is 9.75. The number of thiol groups is 1. The molecule has 1 rings (SSSR count). The average molecular weight is 238 g/mol. The van der Waals surface area contributed by atoms with Gasteiger partial charge in [-0.15, -0.1) is 0 Å². The van der Waals surface area contributed by atoms with E-state index in [0.717, 1.165) is 5.56 Å². The molecule has 0 spiro atoms. The third-order valence-corrected chi connectivity index (χ3v) is 2.25. The largest absolute Gasteiger partial charge is 0.326 e. The average Bonchev–Trinajstić information content (AvgIpc) is 2.15. The first-order valence-corrected chi connectivity index (χ1v) is 5.17. The Labute approximate surface area is 100 Å². The number of rotatable bonds is 2. The third-order valence-electron chi connectivity index (χ3n) is 2.07. The molecule has 0 atom stereocenters. The van der Waals surface area contributed by atoms with Crippen LogP contribution in [0.3, 0.4) is 0 Å². The van der Waals surface area contributed by atoms with Crippen LogP contribution >= 0.6 is 12.8 Å². The van der Waals surface area contributed by atoms with Gasteiger partial charge in [-0.1, -0.05) is 12.8 Å². The van der Waals surface area contributed by atoms with E-state index in [4.69, 9.17) is 0 Å². The first kappa shape index (κ1) is 12.6. The second-order valence-corrected chi connectivity index (χ2v) is 4.14. The molecular weight excluding hydrogens is 224 g/mol. The molecule has 0 aliphatic carbocycles. The van der Waals surface area contributed by atoms with Crippen molar-refractivity contribution in [2.45, 2.75) is 13.8 Å². The van der Waals surface area contributed by atoms with Crippen LogP contribution in [0.5, 0.6) is 0 Å². The Morgan fingerprint density at radius 1 is 1.38 bits per heavy atom. The molecule has 1 aromatic rings. The topological polar surface area (TPSA) is 49.4 Å². The fourth-order valence-corrected chi connectivity index (χ4v) is 1.47. The van der Waals surface area contributed by atoms with Gasteiger partial charge < -0.3 is 5.32 Å². The van der Waals surface area contributed by atoms with Gasteiger partial charge in [0.05, 0.1) is 0 Å². The molecule has 2 amide bonds. The number of aryl methyl sites for hydroxylation is 1. The van der Waals surface area contributed by atoms with Gasteiger partial charge in [0, 0.05) is 25.2 Å². The first-order valence-electron chi connectivity index (χ1n) is 4.77. The first-order chi connectivity index (χ1) is 7.41. The molecule has 16 heavy (non-hydrogen) atoms. The van der Waals surface area contributed by atoms with Gasteiger partial charge in [0.25, 0.3) is 5.91 Å². The number of hydrogen-bond acceptors (Lipinski definition) is 3. The molecule has 0 bridgehead atoms. The van der Waals surface area contributed by atoms with E-state index in [-0.39, 0.29) is 11.8 Å². The zero-order valence-corrected chi connectivity index (χ0v) is 10.3. The Kier molecular flexibility index (Phi) is 3.95. The van der Waals surface area contributed by atoms with Crippen LogP contribution in [0.2, 0.25) is 0 Å². The number of hydrogen-bond donors (Lipinski definition) is 2. The Hall–Kier alpha value is -1.49. The minimum atomic E-state index is -0.171. The van der Waals surface area contributed by atoms with Crippen LogP contribution in [-0.2, 0) is 4.79 Å². The van der Waals surface area contributed by atoms with Crippen LogP contribution in [0, 0.1) is 6.92 Å². The Bertz CT molecular complexity index is 430. The number of nitrogens with zero attached hydrogens (tertiary/aromatic N) is 1. The maximum absolute atomic E-state index is 11.7. The minimum absolute atomic E-state index is 0.134. The molecule has 86 valence electrons. The van der Waals surface area contributed by atoms with Gasteiger partial charge in [0.15, 0.2) is 0 Å². The summed E-state index contributed by atoms with van der Waals surface area (Å²) in [5, 5.41) is 2.66. The van der Waals surface area contributed by atoms with Crippen molar-refractivity contribution in [3.05, 3.63) is 29.3 Å². The van der Waals surface area contributed by atoms with Gasteiger partial charge in [-0.3, -0.25) is 13.9 Å². The Morgan fingerprint density at radius 2 is 2.00 bits per heavy atom. The number of carbonyl (C=O) groups is 2. The quantitative estimate of drug-likeness (QED) is 0.773. The van der Waals surface area contributed by atoms with E-state index in [9.17, 15) is 9.59 Å². The molecule has 0 saturated heterocycles. The number of carbonyl (C=O) groups excluding carboxylic acids is 2. The predicted molar refractivity (Wildman–Crippen MR) is 66.6 cm³/mol. The molecule has 0 saturated carbocycles. The lowest BCUT2D eigenvalue weighted by molar-refractivity contribution is -0.114. The highest BCUT2D eigenvalue weighted by atomic mass is 32.1. The number of anilines is 1. The zero-order valence-electron chi connectivity index (χ0n) is 9.44. The van der Waals surface area contributed by atoms with Gasteiger partial charge in [0.2, 0.25) is 5.91 Å². The number of nitrogens with one attached hydrogen (secondary N) is 1. The van der Waals surface area contributed by atoms with Crippen LogP contribution in [0.4, 0.5) is 5.69 Å². The van der Waals surface area contributed by atoms with Crippen molar-refractivity contribution >= 4 is 30.3 Å². The summed E-state index contributed by atoms with van der Waals surface area (Å²) in [7, 11) is 1.58. The fourth-order valence-electron chi connectivity index (χ4n) is 1.36. The van der Waals surface area contributed by atoms with E-state index in [2.05, 4.69) is 18.1 Å².